The van der Waals surface area contributed by atoms with Gasteiger partial charge in [-0.1, -0.05) is 0 Å². The quantitative estimate of drug-likeness (QED) is 0.767. The van der Waals surface area contributed by atoms with Crippen LogP contribution in [-0.4, -0.2) is 21.6 Å². The van der Waals surface area contributed by atoms with Gasteiger partial charge in [0.15, 0.2) is 0 Å². The number of nitrogens with one attached hydrogen (secondary N) is 2. The molecule has 0 radical (unpaired) electrons. The van der Waals surface area contributed by atoms with Crippen molar-refractivity contribution < 1.29 is 4.79 Å². The normalized spacial score (nSPS) is 18.6. The second kappa shape index (κ2) is 3.81. The number of carbonyl (C=O) groups excluding carboxylic acids is 1. The number of carbonyl (C=O) groups is 1. The fraction of sp³-hybridized carbons (Fsp3) is 0.385. The number of amides is 1. The highest BCUT2D eigenvalue weighted by Crippen LogP contribution is 2.38. The lowest BCUT2D eigenvalue weighted by molar-refractivity contribution is -0.121. The summed E-state index contributed by atoms with van der Waals surface area (Å²) < 4.78 is 0. The first kappa shape index (κ1) is 11.2. The Bertz CT molecular complexity index is 598. The van der Waals surface area contributed by atoms with Crippen molar-refractivity contribution in [1.82, 2.24) is 10.2 Å². The Hall–Kier alpha value is -1.88. The van der Waals surface area contributed by atoms with Crippen molar-refractivity contribution in [2.75, 3.05) is 5.32 Å². The van der Waals surface area contributed by atoms with Crippen LogP contribution in [0.15, 0.2) is 24.4 Å². The second-order valence-corrected chi connectivity index (χ2v) is 5.18. The number of rotatable bonds is 3. The molecule has 1 saturated carbocycles. The van der Waals surface area contributed by atoms with Crippen molar-refractivity contribution in [3.8, 4) is 0 Å². The number of hydrogen-bond donors (Lipinski definition) is 3. The van der Waals surface area contributed by atoms with Crippen LogP contribution in [0, 0.1) is 5.92 Å². The van der Waals surface area contributed by atoms with E-state index in [4.69, 9.17) is 5.73 Å². The van der Waals surface area contributed by atoms with Gasteiger partial charge in [-0.2, -0.15) is 5.10 Å². The zero-order valence-electron chi connectivity index (χ0n) is 10.2. The number of nitrogens with two attached hydrogens (primary N) is 1. The van der Waals surface area contributed by atoms with Crippen molar-refractivity contribution >= 4 is 22.5 Å². The summed E-state index contributed by atoms with van der Waals surface area (Å²) in [5, 5.41) is 10.7. The number of fused-ring (bicyclic) bond motifs is 1. The van der Waals surface area contributed by atoms with Crippen LogP contribution in [0.5, 0.6) is 0 Å². The molecule has 4 N–H and O–H groups in total. The lowest BCUT2D eigenvalue weighted by atomic mass is 9.96. The number of aromatic nitrogens is 2. The maximum Gasteiger partial charge on any atom is 0.244 e. The number of anilines is 1. The van der Waals surface area contributed by atoms with E-state index in [9.17, 15) is 4.79 Å². The monoisotopic (exact) mass is 244 g/mol. The largest absolute Gasteiger partial charge is 0.324 e. The van der Waals surface area contributed by atoms with E-state index in [1.54, 1.807) is 13.1 Å². The molecule has 1 aromatic carbocycles. The summed E-state index contributed by atoms with van der Waals surface area (Å²) in [7, 11) is 0. The predicted molar refractivity (Wildman–Crippen MR) is 70.0 cm³/mol. The van der Waals surface area contributed by atoms with E-state index in [1.807, 2.05) is 18.2 Å². The summed E-state index contributed by atoms with van der Waals surface area (Å²) in [6.45, 7) is 1.80. The Labute approximate surface area is 105 Å². The Kier molecular flexibility index (Phi) is 2.38. The Balaban J connectivity index is 1.81. The molecule has 1 aromatic heterocycles. The van der Waals surface area contributed by atoms with Crippen molar-refractivity contribution in [1.29, 1.82) is 0 Å². The fourth-order valence-electron chi connectivity index (χ4n) is 2.15. The minimum absolute atomic E-state index is 0.118. The average molecular weight is 244 g/mol. The molecule has 3 rings (SSSR count). The molecule has 2 aromatic rings. The molecular formula is C13H16N4O. The highest BCUT2D eigenvalue weighted by Gasteiger charge is 2.44. The van der Waals surface area contributed by atoms with E-state index in [0.717, 1.165) is 29.4 Å². The van der Waals surface area contributed by atoms with Gasteiger partial charge in [0.2, 0.25) is 5.91 Å². The topological polar surface area (TPSA) is 83.8 Å². The molecule has 1 heterocycles. The number of nitrogens with zero attached hydrogens (tertiary/aromatic N) is 1. The summed E-state index contributed by atoms with van der Waals surface area (Å²) in [5.74, 6) is 0.197. The number of aromatic amines is 1. The molecule has 1 atom stereocenters. The fourth-order valence-corrected chi connectivity index (χ4v) is 2.15. The van der Waals surface area contributed by atoms with Crippen LogP contribution in [-0.2, 0) is 4.79 Å². The van der Waals surface area contributed by atoms with Crippen LogP contribution in [0.4, 0.5) is 5.69 Å². The van der Waals surface area contributed by atoms with Gasteiger partial charge in [-0.25, -0.2) is 0 Å². The first-order valence-electron chi connectivity index (χ1n) is 6.11. The van der Waals surface area contributed by atoms with Crippen LogP contribution >= 0.6 is 0 Å². The molecule has 5 nitrogen and oxygen atoms in total. The third kappa shape index (κ3) is 1.86. The first-order valence-corrected chi connectivity index (χ1v) is 6.11. The van der Waals surface area contributed by atoms with Crippen LogP contribution in [0.1, 0.15) is 19.8 Å². The van der Waals surface area contributed by atoms with Gasteiger partial charge >= 0.3 is 0 Å². The van der Waals surface area contributed by atoms with Gasteiger partial charge in [0.25, 0.3) is 0 Å². The molecule has 1 fully saturated rings. The Morgan fingerprint density at radius 3 is 3.06 bits per heavy atom. The molecule has 0 aliphatic heterocycles. The van der Waals surface area contributed by atoms with Gasteiger partial charge in [0.1, 0.15) is 0 Å². The van der Waals surface area contributed by atoms with E-state index in [0.29, 0.717) is 5.92 Å². The molecule has 0 bridgehead atoms. The molecule has 1 unspecified atom stereocenters. The number of H-pyrrole nitrogens is 1. The van der Waals surface area contributed by atoms with Crippen molar-refractivity contribution in [3.05, 3.63) is 24.4 Å². The van der Waals surface area contributed by atoms with Crippen molar-refractivity contribution in [3.63, 3.8) is 0 Å². The third-order valence-corrected chi connectivity index (χ3v) is 3.61. The first-order chi connectivity index (χ1) is 8.57. The minimum atomic E-state index is -0.772. The van der Waals surface area contributed by atoms with Crippen LogP contribution in [0.25, 0.3) is 10.9 Å². The lowest BCUT2D eigenvalue weighted by Crippen LogP contribution is -2.50. The van der Waals surface area contributed by atoms with Crippen molar-refractivity contribution in [2.45, 2.75) is 25.3 Å². The van der Waals surface area contributed by atoms with Gasteiger partial charge < -0.3 is 11.1 Å². The molecular weight excluding hydrogens is 228 g/mol. The molecule has 1 aliphatic carbocycles. The maximum absolute atomic E-state index is 12.1. The number of hydrogen-bond acceptors (Lipinski definition) is 3. The predicted octanol–water partition coefficient (Wildman–Crippen LogP) is 1.63. The standard InChI is InChI=1S/C13H16N4O/c1-13(14,9-2-3-9)12(18)16-10-4-5-11-8(6-10)7-15-17-11/h4-7,9H,2-3,14H2,1H3,(H,15,17)(H,16,18). The highest BCUT2D eigenvalue weighted by molar-refractivity contribution is 5.99. The van der Waals surface area contributed by atoms with Crippen LogP contribution < -0.4 is 11.1 Å². The minimum Gasteiger partial charge on any atom is -0.324 e. The highest BCUT2D eigenvalue weighted by atomic mass is 16.2. The van der Waals surface area contributed by atoms with Gasteiger partial charge in [-0.15, -0.1) is 0 Å². The average Bonchev–Trinajstić information content (AvgIpc) is 3.09. The van der Waals surface area contributed by atoms with Gasteiger partial charge in [-0.05, 0) is 43.9 Å². The van der Waals surface area contributed by atoms with Gasteiger partial charge in [-0.3, -0.25) is 9.89 Å². The molecule has 1 aliphatic rings. The SMILES string of the molecule is CC(N)(C(=O)Nc1ccc2[nH]ncc2c1)C1CC1. The maximum atomic E-state index is 12.1. The zero-order valence-corrected chi connectivity index (χ0v) is 10.2. The Morgan fingerprint density at radius 2 is 2.33 bits per heavy atom. The summed E-state index contributed by atoms with van der Waals surface area (Å²) in [4.78, 5) is 12.1. The van der Waals surface area contributed by atoms with E-state index in [-0.39, 0.29) is 5.91 Å². The molecule has 94 valence electrons. The van der Waals surface area contributed by atoms with Crippen LogP contribution in [0.2, 0.25) is 0 Å². The summed E-state index contributed by atoms with van der Waals surface area (Å²) in [6, 6.07) is 5.63. The summed E-state index contributed by atoms with van der Waals surface area (Å²) in [6.07, 6.45) is 3.82. The molecule has 18 heavy (non-hydrogen) atoms. The molecule has 5 heteroatoms. The lowest BCUT2D eigenvalue weighted by Gasteiger charge is -2.23. The second-order valence-electron chi connectivity index (χ2n) is 5.18. The molecule has 1 amide bonds. The van der Waals surface area contributed by atoms with E-state index < -0.39 is 5.54 Å². The van der Waals surface area contributed by atoms with E-state index in [1.165, 1.54) is 0 Å². The summed E-state index contributed by atoms with van der Waals surface area (Å²) >= 11 is 0. The third-order valence-electron chi connectivity index (χ3n) is 3.61. The van der Waals surface area contributed by atoms with Gasteiger partial charge in [0, 0.05) is 11.1 Å². The molecule has 0 spiro atoms. The summed E-state index contributed by atoms with van der Waals surface area (Å²) in [5.41, 5.74) is 7.01. The van der Waals surface area contributed by atoms with Crippen LogP contribution in [0.3, 0.4) is 0 Å². The van der Waals surface area contributed by atoms with Gasteiger partial charge in [0.05, 0.1) is 17.3 Å². The Morgan fingerprint density at radius 1 is 1.56 bits per heavy atom. The zero-order chi connectivity index (χ0) is 12.8. The van der Waals surface area contributed by atoms with E-state index in [2.05, 4.69) is 15.5 Å². The molecule has 0 saturated heterocycles. The number of benzene rings is 1. The van der Waals surface area contributed by atoms with E-state index >= 15 is 0 Å². The van der Waals surface area contributed by atoms with Crippen molar-refractivity contribution in [2.24, 2.45) is 11.7 Å². The smallest absolute Gasteiger partial charge is 0.244 e.